The molecule has 152 valence electrons. The molecule has 1 fully saturated rings. The molecule has 0 aliphatic carbocycles. The highest BCUT2D eigenvalue weighted by Gasteiger charge is 2.52. The summed E-state index contributed by atoms with van der Waals surface area (Å²) in [7, 11) is 0. The van der Waals surface area contributed by atoms with Crippen LogP contribution in [0.5, 0.6) is 0 Å². The molecule has 0 unspecified atom stereocenters. The predicted molar refractivity (Wildman–Crippen MR) is 84.0 cm³/mol. The first kappa shape index (κ1) is 22.5. The third-order valence-corrected chi connectivity index (χ3v) is 3.28. The molecule has 5 atom stereocenters. The number of rotatable bonds is 8. The third-order valence-electron chi connectivity index (χ3n) is 3.28. The van der Waals surface area contributed by atoms with Gasteiger partial charge in [-0.2, -0.15) is 0 Å². The van der Waals surface area contributed by atoms with E-state index in [1.54, 1.807) is 0 Å². The highest BCUT2D eigenvalue weighted by molar-refractivity contribution is 5.68. The molecule has 11 nitrogen and oxygen atoms in total. The van der Waals surface area contributed by atoms with Crippen LogP contribution in [0.25, 0.3) is 0 Å². The minimum absolute atomic E-state index is 0.362. The number of esters is 4. The smallest absolute Gasteiger partial charge is 0.303 e. The Labute approximate surface area is 155 Å². The molecular formula is C16H22O11. The Morgan fingerprint density at radius 2 is 1.33 bits per heavy atom. The van der Waals surface area contributed by atoms with Crippen molar-refractivity contribution in [2.24, 2.45) is 0 Å². The van der Waals surface area contributed by atoms with Crippen LogP contribution in [0, 0.1) is 0 Å². The van der Waals surface area contributed by atoms with Gasteiger partial charge in [0.25, 0.3) is 0 Å². The van der Waals surface area contributed by atoms with Gasteiger partial charge in [-0.05, 0) is 0 Å². The van der Waals surface area contributed by atoms with Crippen molar-refractivity contribution in [3.05, 3.63) is 0 Å². The molecule has 0 aromatic carbocycles. The second kappa shape index (κ2) is 10.6. The SMILES string of the molecule is CC(=O)OC[C@H]1O[C@@H](OCC=O)[C@H](OC(C)=O)[C@@H](OC(C)=O)[C@H]1OC(C)=O. The van der Waals surface area contributed by atoms with Gasteiger partial charge < -0.3 is 33.2 Å². The molecule has 0 aromatic rings. The highest BCUT2D eigenvalue weighted by atomic mass is 16.7. The number of hydrogen-bond donors (Lipinski definition) is 0. The molecule has 1 rings (SSSR count). The molecule has 0 spiro atoms. The summed E-state index contributed by atoms with van der Waals surface area (Å²) in [5.74, 6) is -2.86. The second-order valence-electron chi connectivity index (χ2n) is 5.57. The highest BCUT2D eigenvalue weighted by Crippen LogP contribution is 2.29. The van der Waals surface area contributed by atoms with E-state index in [0.717, 1.165) is 27.7 Å². The zero-order valence-electron chi connectivity index (χ0n) is 15.4. The van der Waals surface area contributed by atoms with Crippen molar-refractivity contribution in [2.75, 3.05) is 13.2 Å². The van der Waals surface area contributed by atoms with Crippen LogP contribution in [0.3, 0.4) is 0 Å². The molecule has 1 aliphatic heterocycles. The Bertz CT molecular complexity index is 573. The van der Waals surface area contributed by atoms with E-state index in [0.29, 0.717) is 6.29 Å². The van der Waals surface area contributed by atoms with E-state index in [4.69, 9.17) is 28.4 Å². The Kier molecular flexibility index (Phi) is 8.82. The summed E-state index contributed by atoms with van der Waals surface area (Å²) >= 11 is 0. The maximum Gasteiger partial charge on any atom is 0.303 e. The van der Waals surface area contributed by atoms with Gasteiger partial charge in [0.15, 0.2) is 24.6 Å². The normalized spacial score (nSPS) is 27.2. The molecule has 11 heteroatoms. The van der Waals surface area contributed by atoms with E-state index >= 15 is 0 Å². The minimum Gasteiger partial charge on any atom is -0.463 e. The van der Waals surface area contributed by atoms with Crippen LogP contribution in [-0.4, -0.2) is 74.1 Å². The summed E-state index contributed by atoms with van der Waals surface area (Å²) in [5, 5.41) is 0. The number of carbonyl (C=O) groups is 5. The van der Waals surface area contributed by atoms with Crippen molar-refractivity contribution in [1.82, 2.24) is 0 Å². The van der Waals surface area contributed by atoms with Gasteiger partial charge in [-0.3, -0.25) is 19.2 Å². The lowest BCUT2D eigenvalue weighted by Gasteiger charge is -2.43. The van der Waals surface area contributed by atoms with Crippen molar-refractivity contribution >= 4 is 30.2 Å². The zero-order valence-corrected chi connectivity index (χ0v) is 15.4. The first-order valence-corrected chi connectivity index (χ1v) is 8.01. The monoisotopic (exact) mass is 390 g/mol. The number of hydrogen-bond acceptors (Lipinski definition) is 11. The fourth-order valence-corrected chi connectivity index (χ4v) is 2.46. The average Bonchev–Trinajstić information content (AvgIpc) is 2.54. The fourth-order valence-electron chi connectivity index (χ4n) is 2.46. The van der Waals surface area contributed by atoms with E-state index in [-0.39, 0.29) is 6.61 Å². The standard InChI is InChI=1S/C16H22O11/c1-8(18)23-7-12-13(24-9(2)19)14(25-10(3)20)15(26-11(4)21)16(27-12)22-6-5-17/h5,12-16H,6-7H2,1-4H3/t12-,13+,14+,15-,16-/m1/s1. The van der Waals surface area contributed by atoms with E-state index in [9.17, 15) is 24.0 Å². The average molecular weight is 390 g/mol. The number of carbonyl (C=O) groups excluding carboxylic acids is 5. The van der Waals surface area contributed by atoms with Crippen molar-refractivity contribution in [3.8, 4) is 0 Å². The van der Waals surface area contributed by atoms with Gasteiger partial charge in [0.1, 0.15) is 25.6 Å². The summed E-state index contributed by atoms with van der Waals surface area (Å²) < 4.78 is 31.1. The third kappa shape index (κ3) is 7.31. The molecular weight excluding hydrogens is 368 g/mol. The lowest BCUT2D eigenvalue weighted by atomic mass is 9.98. The van der Waals surface area contributed by atoms with Gasteiger partial charge in [0, 0.05) is 27.7 Å². The van der Waals surface area contributed by atoms with Crippen LogP contribution in [0.15, 0.2) is 0 Å². The van der Waals surface area contributed by atoms with E-state index in [1.165, 1.54) is 0 Å². The van der Waals surface area contributed by atoms with Crippen LogP contribution in [0.1, 0.15) is 27.7 Å². The molecule has 0 saturated carbocycles. The lowest BCUT2D eigenvalue weighted by molar-refractivity contribution is -0.305. The molecule has 27 heavy (non-hydrogen) atoms. The maximum atomic E-state index is 11.5. The molecule has 0 bridgehead atoms. The van der Waals surface area contributed by atoms with Crippen LogP contribution in [0.2, 0.25) is 0 Å². The van der Waals surface area contributed by atoms with Gasteiger partial charge in [-0.1, -0.05) is 0 Å². The van der Waals surface area contributed by atoms with Crippen molar-refractivity contribution in [2.45, 2.75) is 58.4 Å². The molecule has 0 radical (unpaired) electrons. The summed E-state index contributed by atoms with van der Waals surface area (Å²) in [5.41, 5.74) is 0. The largest absolute Gasteiger partial charge is 0.463 e. The number of ether oxygens (including phenoxy) is 6. The zero-order chi connectivity index (χ0) is 20.6. The summed E-state index contributed by atoms with van der Waals surface area (Å²) in [6, 6.07) is 0. The van der Waals surface area contributed by atoms with Gasteiger partial charge in [0.05, 0.1) is 0 Å². The van der Waals surface area contributed by atoms with Crippen LogP contribution in [0.4, 0.5) is 0 Å². The molecule has 0 amide bonds. The lowest BCUT2D eigenvalue weighted by Crippen LogP contribution is -2.63. The van der Waals surface area contributed by atoms with Crippen molar-refractivity contribution < 1.29 is 52.4 Å². The maximum absolute atomic E-state index is 11.5. The Morgan fingerprint density at radius 1 is 0.815 bits per heavy atom. The van der Waals surface area contributed by atoms with Crippen molar-refractivity contribution in [3.63, 3.8) is 0 Å². The summed E-state index contributed by atoms with van der Waals surface area (Å²) in [6.45, 7) is 3.71. The van der Waals surface area contributed by atoms with Crippen LogP contribution in [-0.2, 0) is 52.4 Å². The first-order chi connectivity index (χ1) is 12.6. The molecule has 0 N–H and O–H groups in total. The van der Waals surface area contributed by atoms with Gasteiger partial charge >= 0.3 is 23.9 Å². The van der Waals surface area contributed by atoms with Gasteiger partial charge in [0.2, 0.25) is 0 Å². The summed E-state index contributed by atoms with van der Waals surface area (Å²) in [4.78, 5) is 56.3. The summed E-state index contributed by atoms with van der Waals surface area (Å²) in [6.07, 6.45) is -5.91. The van der Waals surface area contributed by atoms with E-state index in [1.807, 2.05) is 0 Å². The van der Waals surface area contributed by atoms with Crippen molar-refractivity contribution in [1.29, 1.82) is 0 Å². The quantitative estimate of drug-likeness (QED) is 0.295. The van der Waals surface area contributed by atoms with Gasteiger partial charge in [-0.25, -0.2) is 0 Å². The Balaban J connectivity index is 3.24. The first-order valence-electron chi connectivity index (χ1n) is 8.01. The molecule has 1 saturated heterocycles. The number of aldehydes is 1. The van der Waals surface area contributed by atoms with E-state index in [2.05, 4.69) is 0 Å². The van der Waals surface area contributed by atoms with Gasteiger partial charge in [-0.15, -0.1) is 0 Å². The topological polar surface area (TPSA) is 141 Å². The fraction of sp³-hybridized carbons (Fsp3) is 0.688. The van der Waals surface area contributed by atoms with Crippen LogP contribution >= 0.6 is 0 Å². The Morgan fingerprint density at radius 3 is 1.81 bits per heavy atom. The second-order valence-corrected chi connectivity index (χ2v) is 5.57. The predicted octanol–water partition coefficient (Wildman–Crippen LogP) is -0.715. The molecule has 0 aromatic heterocycles. The van der Waals surface area contributed by atoms with Crippen LogP contribution < -0.4 is 0 Å². The van der Waals surface area contributed by atoms with E-state index < -0.39 is 61.2 Å². The molecule has 1 heterocycles. The molecule has 1 aliphatic rings. The Hall–Kier alpha value is -2.53. The minimum atomic E-state index is -1.34.